The van der Waals surface area contributed by atoms with Gasteiger partial charge in [0.05, 0.1) is 24.9 Å². The van der Waals surface area contributed by atoms with Crippen LogP contribution in [0.3, 0.4) is 0 Å². The molecule has 10 heteroatoms. The molecular formula is C21H16Cl2N4O3S. The first kappa shape index (κ1) is 21.2. The van der Waals surface area contributed by atoms with Gasteiger partial charge in [0, 0.05) is 22.0 Å². The highest BCUT2D eigenvalue weighted by Gasteiger charge is 2.15. The van der Waals surface area contributed by atoms with Gasteiger partial charge >= 0.3 is 0 Å². The topological polar surface area (TPSA) is 77.8 Å². The number of benzene rings is 2. The summed E-state index contributed by atoms with van der Waals surface area (Å²) in [6.45, 7) is 0. The van der Waals surface area contributed by atoms with E-state index >= 15 is 0 Å². The molecule has 2 aromatic heterocycles. The Labute approximate surface area is 191 Å². The number of ether oxygens (including phenoxy) is 2. The van der Waals surface area contributed by atoms with E-state index in [0.717, 1.165) is 16.8 Å². The first-order valence-electron chi connectivity index (χ1n) is 8.99. The lowest BCUT2D eigenvalue weighted by molar-refractivity contribution is -0.111. The average Bonchev–Trinajstić information content (AvgIpc) is 3.34. The molecule has 0 spiro atoms. The van der Waals surface area contributed by atoms with E-state index in [9.17, 15) is 4.79 Å². The summed E-state index contributed by atoms with van der Waals surface area (Å²) >= 11 is 13.8. The van der Waals surface area contributed by atoms with Crippen molar-refractivity contribution in [2.75, 3.05) is 19.5 Å². The Kier molecular flexibility index (Phi) is 6.13. The van der Waals surface area contributed by atoms with E-state index in [1.807, 2.05) is 11.4 Å². The molecule has 0 unspecified atom stereocenters. The predicted molar refractivity (Wildman–Crippen MR) is 124 cm³/mol. The minimum absolute atomic E-state index is 0.188. The van der Waals surface area contributed by atoms with Gasteiger partial charge < -0.3 is 9.47 Å². The minimum Gasteiger partial charge on any atom is -0.493 e. The van der Waals surface area contributed by atoms with Crippen molar-refractivity contribution >= 4 is 57.4 Å². The molecule has 1 amide bonds. The molecule has 0 atom stereocenters. The van der Waals surface area contributed by atoms with Gasteiger partial charge in [0.25, 0.3) is 11.9 Å². The number of nitrogens with zero attached hydrogens (tertiary/aromatic N) is 3. The number of halogens is 2. The van der Waals surface area contributed by atoms with E-state index in [4.69, 9.17) is 32.7 Å². The Morgan fingerprint density at radius 2 is 1.94 bits per heavy atom. The van der Waals surface area contributed by atoms with Gasteiger partial charge in [0.1, 0.15) is 0 Å². The SMILES string of the molecule is COc1ccc(/C=C/C(=O)Nc2nc3scc(-c4cc(Cl)ccc4Cl)n3n2)cc1OC. The first-order valence-corrected chi connectivity index (χ1v) is 10.6. The normalized spacial score (nSPS) is 11.2. The van der Waals surface area contributed by atoms with Gasteiger partial charge in [-0.2, -0.15) is 4.98 Å². The van der Waals surface area contributed by atoms with Gasteiger partial charge in [-0.3, -0.25) is 10.1 Å². The van der Waals surface area contributed by atoms with E-state index in [1.54, 1.807) is 55.1 Å². The fraction of sp³-hybridized carbons (Fsp3) is 0.0952. The first-order chi connectivity index (χ1) is 15.0. The maximum absolute atomic E-state index is 12.3. The predicted octanol–water partition coefficient (Wildman–Crippen LogP) is 5.43. The van der Waals surface area contributed by atoms with Gasteiger partial charge in [-0.05, 0) is 42.0 Å². The van der Waals surface area contributed by atoms with Crippen molar-refractivity contribution in [2.24, 2.45) is 0 Å². The Morgan fingerprint density at radius 1 is 1.13 bits per heavy atom. The maximum atomic E-state index is 12.3. The van der Waals surface area contributed by atoms with E-state index in [1.165, 1.54) is 17.4 Å². The molecule has 0 bridgehead atoms. The van der Waals surface area contributed by atoms with Crippen molar-refractivity contribution in [2.45, 2.75) is 0 Å². The second kappa shape index (κ2) is 8.97. The number of carbonyl (C=O) groups excluding carboxylic acids is 1. The zero-order valence-electron chi connectivity index (χ0n) is 16.4. The zero-order chi connectivity index (χ0) is 22.0. The fourth-order valence-electron chi connectivity index (χ4n) is 2.89. The molecular weight excluding hydrogens is 459 g/mol. The number of hydrogen-bond donors (Lipinski definition) is 1. The molecule has 0 fully saturated rings. The van der Waals surface area contributed by atoms with E-state index < -0.39 is 0 Å². The molecule has 0 aliphatic heterocycles. The van der Waals surface area contributed by atoms with Crippen LogP contribution in [0, 0.1) is 0 Å². The van der Waals surface area contributed by atoms with Crippen molar-refractivity contribution < 1.29 is 14.3 Å². The molecule has 0 saturated heterocycles. The maximum Gasteiger partial charge on any atom is 0.250 e. The molecule has 31 heavy (non-hydrogen) atoms. The summed E-state index contributed by atoms with van der Waals surface area (Å²) in [6, 6.07) is 10.6. The summed E-state index contributed by atoms with van der Waals surface area (Å²) in [5, 5.41) is 10.0. The molecule has 2 aromatic carbocycles. The van der Waals surface area contributed by atoms with Crippen LogP contribution in [0.4, 0.5) is 5.95 Å². The van der Waals surface area contributed by atoms with Crippen LogP contribution in [0.25, 0.3) is 22.3 Å². The third-order valence-corrected chi connectivity index (χ3v) is 5.74. The van der Waals surface area contributed by atoms with Crippen LogP contribution >= 0.6 is 34.5 Å². The summed E-state index contributed by atoms with van der Waals surface area (Å²) in [6.07, 6.45) is 3.05. The number of fused-ring (bicyclic) bond motifs is 1. The third kappa shape index (κ3) is 4.51. The molecule has 1 N–H and O–H groups in total. The molecule has 7 nitrogen and oxygen atoms in total. The molecule has 2 heterocycles. The van der Waals surface area contributed by atoms with Crippen molar-refractivity contribution in [3.63, 3.8) is 0 Å². The van der Waals surface area contributed by atoms with Crippen LogP contribution in [-0.4, -0.2) is 34.7 Å². The van der Waals surface area contributed by atoms with Crippen molar-refractivity contribution in [3.05, 3.63) is 63.5 Å². The minimum atomic E-state index is -0.365. The van der Waals surface area contributed by atoms with Crippen molar-refractivity contribution in [1.82, 2.24) is 14.6 Å². The van der Waals surface area contributed by atoms with Gasteiger partial charge in [0.2, 0.25) is 4.96 Å². The largest absolute Gasteiger partial charge is 0.493 e. The number of amides is 1. The van der Waals surface area contributed by atoms with Crippen LogP contribution in [0.15, 0.2) is 47.9 Å². The van der Waals surface area contributed by atoms with Gasteiger partial charge in [-0.1, -0.05) is 29.3 Å². The number of rotatable bonds is 6. The average molecular weight is 475 g/mol. The monoisotopic (exact) mass is 474 g/mol. The zero-order valence-corrected chi connectivity index (χ0v) is 18.8. The fourth-order valence-corrected chi connectivity index (χ4v) is 4.10. The highest BCUT2D eigenvalue weighted by molar-refractivity contribution is 7.15. The van der Waals surface area contributed by atoms with Crippen molar-refractivity contribution in [1.29, 1.82) is 0 Å². The Bertz CT molecular complexity index is 1300. The highest BCUT2D eigenvalue weighted by Crippen LogP contribution is 2.33. The van der Waals surface area contributed by atoms with E-state index in [2.05, 4.69) is 15.4 Å². The third-order valence-electron chi connectivity index (χ3n) is 4.36. The lowest BCUT2D eigenvalue weighted by Crippen LogP contribution is -2.09. The van der Waals surface area contributed by atoms with E-state index in [0.29, 0.717) is 26.5 Å². The smallest absolute Gasteiger partial charge is 0.250 e. The van der Waals surface area contributed by atoms with Crippen LogP contribution in [-0.2, 0) is 4.79 Å². The van der Waals surface area contributed by atoms with Gasteiger partial charge in [-0.15, -0.1) is 16.4 Å². The standard InChI is InChI=1S/C21H16Cl2N4O3S/c1-29-17-7-3-12(9-18(17)30-2)4-8-19(28)24-20-25-21-27(26-20)16(11-31-21)14-10-13(22)5-6-15(14)23/h3-11H,1-2H3,(H,24,26,28)/b8-4+. The number of hydrogen-bond acceptors (Lipinski definition) is 6. The summed E-state index contributed by atoms with van der Waals surface area (Å²) in [5.74, 6) is 1.01. The van der Waals surface area contributed by atoms with Gasteiger partial charge in [-0.25, -0.2) is 4.52 Å². The van der Waals surface area contributed by atoms with E-state index in [-0.39, 0.29) is 11.9 Å². The molecule has 158 valence electrons. The lowest BCUT2D eigenvalue weighted by Gasteiger charge is -2.07. The van der Waals surface area contributed by atoms with Crippen LogP contribution < -0.4 is 14.8 Å². The van der Waals surface area contributed by atoms with Crippen LogP contribution in [0.5, 0.6) is 11.5 Å². The summed E-state index contributed by atoms with van der Waals surface area (Å²) in [4.78, 5) is 17.3. The van der Waals surface area contributed by atoms with Gasteiger partial charge in [0.15, 0.2) is 11.5 Å². The van der Waals surface area contributed by atoms with Crippen LogP contribution in [0.1, 0.15) is 5.56 Å². The highest BCUT2D eigenvalue weighted by atomic mass is 35.5. The molecule has 0 radical (unpaired) electrons. The summed E-state index contributed by atoms with van der Waals surface area (Å²) < 4.78 is 12.1. The number of aromatic nitrogens is 3. The van der Waals surface area contributed by atoms with Crippen LogP contribution in [0.2, 0.25) is 10.0 Å². The summed E-state index contributed by atoms with van der Waals surface area (Å²) in [7, 11) is 3.12. The number of carbonyl (C=O) groups is 1. The Hall–Kier alpha value is -3.07. The summed E-state index contributed by atoms with van der Waals surface area (Å²) in [5.41, 5.74) is 2.25. The second-order valence-electron chi connectivity index (χ2n) is 6.31. The van der Waals surface area contributed by atoms with Crippen molar-refractivity contribution in [3.8, 4) is 22.8 Å². The molecule has 0 aliphatic rings. The number of anilines is 1. The molecule has 0 aliphatic carbocycles. The quantitative estimate of drug-likeness (QED) is 0.376. The number of nitrogens with one attached hydrogen (secondary N) is 1. The molecule has 4 aromatic rings. The Morgan fingerprint density at radius 3 is 2.71 bits per heavy atom. The number of methoxy groups -OCH3 is 2. The lowest BCUT2D eigenvalue weighted by atomic mass is 10.2. The molecule has 0 saturated carbocycles. The Balaban J connectivity index is 1.53. The second-order valence-corrected chi connectivity index (χ2v) is 7.99. The number of thiazole rings is 1. The molecule has 4 rings (SSSR count).